The maximum atomic E-state index is 11.7. The van der Waals surface area contributed by atoms with Gasteiger partial charge in [-0.2, -0.15) is 0 Å². The minimum Gasteiger partial charge on any atom is -0.480 e. The summed E-state index contributed by atoms with van der Waals surface area (Å²) in [6.07, 6.45) is 1.53. The molecule has 1 aliphatic heterocycles. The van der Waals surface area contributed by atoms with Gasteiger partial charge in [0, 0.05) is 19.3 Å². The van der Waals surface area contributed by atoms with Crippen LogP contribution in [-0.2, 0) is 9.53 Å². The molecule has 0 spiro atoms. The first-order valence-corrected chi connectivity index (χ1v) is 6.18. The van der Waals surface area contributed by atoms with E-state index in [2.05, 4.69) is 10.6 Å². The molecule has 0 saturated carbocycles. The van der Waals surface area contributed by atoms with Gasteiger partial charge in [-0.05, 0) is 18.3 Å². The second-order valence-corrected chi connectivity index (χ2v) is 5.64. The van der Waals surface area contributed by atoms with Gasteiger partial charge in [0.05, 0.1) is 0 Å². The van der Waals surface area contributed by atoms with Gasteiger partial charge in [0.25, 0.3) is 0 Å². The van der Waals surface area contributed by atoms with Gasteiger partial charge in [-0.1, -0.05) is 20.8 Å². The van der Waals surface area contributed by atoms with Crippen LogP contribution in [0.2, 0.25) is 0 Å². The summed E-state index contributed by atoms with van der Waals surface area (Å²) in [5, 5.41) is 14.4. The third-order valence-corrected chi connectivity index (χ3v) is 2.94. The van der Waals surface area contributed by atoms with Crippen molar-refractivity contribution in [2.45, 2.75) is 45.7 Å². The Balaban J connectivity index is 2.48. The normalized spacial score (nSPS) is 19.1. The first kappa shape index (κ1) is 14.8. The first-order chi connectivity index (χ1) is 8.30. The number of urea groups is 1. The van der Waals surface area contributed by atoms with Crippen molar-refractivity contribution >= 4 is 12.0 Å². The van der Waals surface area contributed by atoms with Crippen LogP contribution < -0.4 is 10.6 Å². The number of carboxylic acid groups (broad SMARTS) is 1. The van der Waals surface area contributed by atoms with E-state index in [0.29, 0.717) is 13.2 Å². The number of hydrogen-bond acceptors (Lipinski definition) is 3. The summed E-state index contributed by atoms with van der Waals surface area (Å²) in [4.78, 5) is 22.9. The molecule has 0 aliphatic carbocycles. The largest absolute Gasteiger partial charge is 0.480 e. The number of carboxylic acids is 1. The number of amides is 2. The molecule has 1 fully saturated rings. The minimum absolute atomic E-state index is 0.0631. The first-order valence-electron chi connectivity index (χ1n) is 6.18. The molecular formula is C12H22N2O4. The van der Waals surface area contributed by atoms with Gasteiger partial charge >= 0.3 is 12.0 Å². The molecule has 0 aromatic heterocycles. The highest BCUT2D eigenvalue weighted by Gasteiger charge is 2.33. The molecule has 6 nitrogen and oxygen atoms in total. The fraction of sp³-hybridized carbons (Fsp3) is 0.833. The lowest BCUT2D eigenvalue weighted by atomic mass is 9.87. The minimum atomic E-state index is -1.02. The molecule has 0 aromatic rings. The van der Waals surface area contributed by atoms with Crippen LogP contribution in [0, 0.1) is 5.41 Å². The molecule has 0 unspecified atom stereocenters. The molecule has 0 bridgehead atoms. The Kier molecular flexibility index (Phi) is 4.95. The predicted molar refractivity (Wildman–Crippen MR) is 66.4 cm³/mol. The Morgan fingerprint density at radius 2 is 1.83 bits per heavy atom. The van der Waals surface area contributed by atoms with Gasteiger partial charge in [0.2, 0.25) is 0 Å². The lowest BCUT2D eigenvalue weighted by molar-refractivity contribution is -0.141. The molecule has 3 N–H and O–H groups in total. The quantitative estimate of drug-likeness (QED) is 0.703. The van der Waals surface area contributed by atoms with Gasteiger partial charge in [-0.25, -0.2) is 9.59 Å². The molecule has 1 rings (SSSR count). The van der Waals surface area contributed by atoms with Crippen molar-refractivity contribution in [3.05, 3.63) is 0 Å². The number of rotatable bonds is 3. The van der Waals surface area contributed by atoms with Crippen molar-refractivity contribution in [3.63, 3.8) is 0 Å². The smallest absolute Gasteiger partial charge is 0.326 e. The number of nitrogens with one attached hydrogen (secondary N) is 2. The molecule has 1 aliphatic rings. The Bertz CT molecular complexity index is 306. The van der Waals surface area contributed by atoms with Gasteiger partial charge in [0.1, 0.15) is 6.04 Å². The highest BCUT2D eigenvalue weighted by atomic mass is 16.5. The van der Waals surface area contributed by atoms with Crippen molar-refractivity contribution in [2.75, 3.05) is 13.2 Å². The van der Waals surface area contributed by atoms with E-state index in [1.165, 1.54) is 0 Å². The van der Waals surface area contributed by atoms with E-state index in [-0.39, 0.29) is 6.04 Å². The molecule has 1 saturated heterocycles. The van der Waals surface area contributed by atoms with Crippen LogP contribution >= 0.6 is 0 Å². The lowest BCUT2D eigenvalue weighted by Crippen LogP contribution is -2.54. The third kappa shape index (κ3) is 4.52. The molecule has 0 aromatic carbocycles. The van der Waals surface area contributed by atoms with E-state index in [1.807, 2.05) is 0 Å². The second kappa shape index (κ2) is 6.04. The summed E-state index contributed by atoms with van der Waals surface area (Å²) < 4.78 is 5.19. The van der Waals surface area contributed by atoms with Crippen molar-refractivity contribution in [2.24, 2.45) is 5.41 Å². The highest BCUT2D eigenvalue weighted by molar-refractivity contribution is 5.83. The summed E-state index contributed by atoms with van der Waals surface area (Å²) >= 11 is 0. The molecule has 18 heavy (non-hydrogen) atoms. The zero-order valence-electron chi connectivity index (χ0n) is 11.2. The Labute approximate surface area is 107 Å². The van der Waals surface area contributed by atoms with E-state index < -0.39 is 23.5 Å². The van der Waals surface area contributed by atoms with E-state index in [1.54, 1.807) is 20.8 Å². The van der Waals surface area contributed by atoms with Crippen molar-refractivity contribution in [1.29, 1.82) is 0 Å². The van der Waals surface area contributed by atoms with Crippen LogP contribution in [0.25, 0.3) is 0 Å². The summed E-state index contributed by atoms with van der Waals surface area (Å²) in [6.45, 7) is 6.60. The Morgan fingerprint density at radius 3 is 2.28 bits per heavy atom. The topological polar surface area (TPSA) is 87.7 Å². The second-order valence-electron chi connectivity index (χ2n) is 5.64. The van der Waals surface area contributed by atoms with E-state index in [0.717, 1.165) is 12.8 Å². The summed E-state index contributed by atoms with van der Waals surface area (Å²) in [5.74, 6) is -1.02. The lowest BCUT2D eigenvalue weighted by Gasteiger charge is -2.29. The number of hydrogen-bond donors (Lipinski definition) is 3. The molecule has 1 heterocycles. The molecule has 1 atom stereocenters. The summed E-state index contributed by atoms with van der Waals surface area (Å²) in [5.41, 5.74) is -0.529. The van der Waals surface area contributed by atoms with Crippen molar-refractivity contribution < 1.29 is 19.4 Å². The third-order valence-electron chi connectivity index (χ3n) is 2.94. The van der Waals surface area contributed by atoms with E-state index in [9.17, 15) is 9.59 Å². The van der Waals surface area contributed by atoms with Crippen LogP contribution in [0.5, 0.6) is 0 Å². The number of carbonyl (C=O) groups is 2. The van der Waals surface area contributed by atoms with Gasteiger partial charge in [-0.15, -0.1) is 0 Å². The number of ether oxygens (including phenoxy) is 1. The predicted octanol–water partition coefficient (Wildman–Crippen LogP) is 0.964. The van der Waals surface area contributed by atoms with Gasteiger partial charge < -0.3 is 20.5 Å². The maximum absolute atomic E-state index is 11.7. The van der Waals surface area contributed by atoms with Gasteiger partial charge in [0.15, 0.2) is 0 Å². The molecule has 6 heteroatoms. The number of carbonyl (C=O) groups excluding carboxylic acids is 1. The van der Waals surface area contributed by atoms with Crippen molar-refractivity contribution in [1.82, 2.24) is 10.6 Å². The summed E-state index contributed by atoms with van der Waals surface area (Å²) in [6, 6.07) is -1.27. The zero-order chi connectivity index (χ0) is 13.8. The standard InChI is InChI=1S/C12H22N2O4/c1-12(2,3)9(10(15)16)14-11(17)13-8-4-6-18-7-5-8/h8-9H,4-7H2,1-3H3,(H,15,16)(H2,13,14,17)/t9-/m1/s1. The van der Waals surface area contributed by atoms with E-state index in [4.69, 9.17) is 9.84 Å². The van der Waals surface area contributed by atoms with Crippen LogP contribution in [-0.4, -0.2) is 42.4 Å². The Morgan fingerprint density at radius 1 is 1.28 bits per heavy atom. The fourth-order valence-electron chi connectivity index (χ4n) is 1.85. The highest BCUT2D eigenvalue weighted by Crippen LogP contribution is 2.19. The zero-order valence-corrected chi connectivity index (χ0v) is 11.2. The SMILES string of the molecule is CC(C)(C)[C@H](NC(=O)NC1CCOCC1)C(=O)O. The number of aliphatic carboxylic acids is 1. The molecular weight excluding hydrogens is 236 g/mol. The Hall–Kier alpha value is -1.30. The van der Waals surface area contributed by atoms with Crippen LogP contribution in [0.15, 0.2) is 0 Å². The van der Waals surface area contributed by atoms with Crippen LogP contribution in [0.3, 0.4) is 0 Å². The van der Waals surface area contributed by atoms with Gasteiger partial charge in [-0.3, -0.25) is 0 Å². The molecule has 0 radical (unpaired) electrons. The van der Waals surface area contributed by atoms with Crippen LogP contribution in [0.1, 0.15) is 33.6 Å². The average molecular weight is 258 g/mol. The monoisotopic (exact) mass is 258 g/mol. The average Bonchev–Trinajstić information content (AvgIpc) is 2.25. The van der Waals surface area contributed by atoms with Crippen molar-refractivity contribution in [3.8, 4) is 0 Å². The maximum Gasteiger partial charge on any atom is 0.326 e. The van der Waals surface area contributed by atoms with E-state index >= 15 is 0 Å². The fourth-order valence-corrected chi connectivity index (χ4v) is 1.85. The molecule has 104 valence electrons. The summed E-state index contributed by atoms with van der Waals surface area (Å²) in [7, 11) is 0. The molecule has 2 amide bonds. The van der Waals surface area contributed by atoms with Crippen LogP contribution in [0.4, 0.5) is 4.79 Å².